The average molecular weight is 290 g/mol. The number of aryl methyl sites for hydroxylation is 2. The van der Waals surface area contributed by atoms with E-state index in [1.165, 1.54) is 16.7 Å². The highest BCUT2D eigenvalue weighted by atomic mass is 16.5. The van der Waals surface area contributed by atoms with Gasteiger partial charge in [-0.05, 0) is 44.2 Å². The Morgan fingerprint density at radius 3 is 3.00 bits per heavy atom. The minimum atomic E-state index is 0.0415. The number of benzene rings is 1. The molecule has 1 saturated heterocycles. The van der Waals surface area contributed by atoms with E-state index in [1.807, 2.05) is 4.90 Å². The van der Waals surface area contributed by atoms with E-state index in [0.717, 1.165) is 25.8 Å². The number of urea groups is 1. The molecule has 1 N–H and O–H groups in total. The fraction of sp³-hybridized carbons (Fsp3) is 0.588. The molecule has 0 aromatic heterocycles. The number of carbonyl (C=O) groups is 1. The molecule has 1 heterocycles. The van der Waals surface area contributed by atoms with Crippen molar-refractivity contribution in [1.29, 1.82) is 0 Å². The molecule has 0 radical (unpaired) electrons. The van der Waals surface area contributed by atoms with Gasteiger partial charge in [-0.15, -0.1) is 0 Å². The van der Waals surface area contributed by atoms with E-state index < -0.39 is 0 Å². The smallest absolute Gasteiger partial charge is 0.317 e. The van der Waals surface area contributed by atoms with Gasteiger partial charge in [0.1, 0.15) is 0 Å². The zero-order valence-electron chi connectivity index (χ0n) is 13.3. The van der Waals surface area contributed by atoms with E-state index >= 15 is 0 Å². The lowest BCUT2D eigenvalue weighted by Crippen LogP contribution is -2.44. The minimum absolute atomic E-state index is 0.0415. The van der Waals surface area contributed by atoms with Crippen LogP contribution in [0.1, 0.15) is 29.5 Å². The number of nitrogens with zero attached hydrogens (tertiary/aromatic N) is 1. The van der Waals surface area contributed by atoms with Crippen molar-refractivity contribution in [2.75, 3.05) is 26.8 Å². The predicted octanol–water partition coefficient (Wildman–Crippen LogP) is 2.67. The van der Waals surface area contributed by atoms with Crippen LogP contribution in [0.4, 0.5) is 4.79 Å². The van der Waals surface area contributed by atoms with Gasteiger partial charge in [-0.25, -0.2) is 4.79 Å². The fourth-order valence-corrected chi connectivity index (χ4v) is 2.95. The standard InChI is InChI=1S/C17H26N2O2/c1-13-6-7-14(2)15(11-13)12-16-5-4-9-19(16)17(20)18-8-10-21-3/h6-7,11,16H,4-5,8-10,12H2,1-3H3,(H,18,20). The second-order valence-electron chi connectivity index (χ2n) is 5.85. The van der Waals surface area contributed by atoms with Crippen molar-refractivity contribution < 1.29 is 9.53 Å². The quantitative estimate of drug-likeness (QED) is 0.847. The number of hydrogen-bond acceptors (Lipinski definition) is 2. The van der Waals surface area contributed by atoms with Crippen LogP contribution in [0.2, 0.25) is 0 Å². The van der Waals surface area contributed by atoms with E-state index in [0.29, 0.717) is 19.2 Å². The highest BCUT2D eigenvalue weighted by Gasteiger charge is 2.28. The van der Waals surface area contributed by atoms with E-state index in [2.05, 4.69) is 37.4 Å². The molecule has 0 saturated carbocycles. The highest BCUT2D eigenvalue weighted by molar-refractivity contribution is 5.74. The SMILES string of the molecule is COCCNC(=O)N1CCCC1Cc1cc(C)ccc1C. The molecular weight excluding hydrogens is 264 g/mol. The van der Waals surface area contributed by atoms with Gasteiger partial charge in [-0.3, -0.25) is 0 Å². The zero-order chi connectivity index (χ0) is 15.2. The maximum absolute atomic E-state index is 12.2. The Morgan fingerprint density at radius 2 is 2.24 bits per heavy atom. The molecule has 0 aliphatic carbocycles. The summed E-state index contributed by atoms with van der Waals surface area (Å²) in [4.78, 5) is 14.2. The van der Waals surface area contributed by atoms with Crippen LogP contribution in [-0.4, -0.2) is 43.8 Å². The first kappa shape index (κ1) is 15.8. The summed E-state index contributed by atoms with van der Waals surface area (Å²) in [5, 5.41) is 2.93. The van der Waals surface area contributed by atoms with Crippen molar-refractivity contribution in [3.8, 4) is 0 Å². The fourth-order valence-electron chi connectivity index (χ4n) is 2.95. The number of amides is 2. The molecule has 2 rings (SSSR count). The minimum Gasteiger partial charge on any atom is -0.383 e. The molecule has 1 aromatic rings. The third-order valence-corrected chi connectivity index (χ3v) is 4.18. The lowest BCUT2D eigenvalue weighted by Gasteiger charge is -2.25. The lowest BCUT2D eigenvalue weighted by molar-refractivity contribution is 0.176. The zero-order valence-corrected chi connectivity index (χ0v) is 13.3. The molecule has 1 atom stereocenters. The summed E-state index contributed by atoms with van der Waals surface area (Å²) in [6, 6.07) is 6.91. The van der Waals surface area contributed by atoms with Gasteiger partial charge in [0.15, 0.2) is 0 Å². The Balaban J connectivity index is 1.98. The summed E-state index contributed by atoms with van der Waals surface area (Å²) in [6.45, 7) is 6.25. The number of likely N-dealkylation sites (tertiary alicyclic amines) is 1. The normalized spacial score (nSPS) is 18.0. The van der Waals surface area contributed by atoms with Crippen LogP contribution in [0.25, 0.3) is 0 Å². The topological polar surface area (TPSA) is 41.6 Å². The first-order chi connectivity index (χ1) is 10.1. The molecule has 116 valence electrons. The maximum Gasteiger partial charge on any atom is 0.317 e. The van der Waals surface area contributed by atoms with E-state index in [1.54, 1.807) is 7.11 Å². The predicted molar refractivity (Wildman–Crippen MR) is 84.6 cm³/mol. The number of nitrogens with one attached hydrogen (secondary N) is 1. The van der Waals surface area contributed by atoms with Gasteiger partial charge in [0.2, 0.25) is 0 Å². The van der Waals surface area contributed by atoms with E-state index in [-0.39, 0.29) is 6.03 Å². The molecule has 2 amide bonds. The Hall–Kier alpha value is -1.55. The van der Waals surface area contributed by atoms with Crippen LogP contribution in [0.15, 0.2) is 18.2 Å². The third kappa shape index (κ3) is 4.21. The second-order valence-corrected chi connectivity index (χ2v) is 5.85. The van der Waals surface area contributed by atoms with Gasteiger partial charge in [0, 0.05) is 26.2 Å². The van der Waals surface area contributed by atoms with Crippen LogP contribution in [0.3, 0.4) is 0 Å². The van der Waals surface area contributed by atoms with Gasteiger partial charge in [-0.1, -0.05) is 23.8 Å². The molecule has 1 fully saturated rings. The van der Waals surface area contributed by atoms with Crippen LogP contribution >= 0.6 is 0 Å². The monoisotopic (exact) mass is 290 g/mol. The largest absolute Gasteiger partial charge is 0.383 e. The summed E-state index contributed by atoms with van der Waals surface area (Å²) in [5.41, 5.74) is 3.95. The maximum atomic E-state index is 12.2. The summed E-state index contributed by atoms with van der Waals surface area (Å²) in [6.07, 6.45) is 3.13. The lowest BCUT2D eigenvalue weighted by atomic mass is 9.98. The molecule has 1 aliphatic heterocycles. The van der Waals surface area contributed by atoms with Crippen molar-refractivity contribution in [3.63, 3.8) is 0 Å². The molecule has 4 nitrogen and oxygen atoms in total. The van der Waals surface area contributed by atoms with Crippen LogP contribution < -0.4 is 5.32 Å². The van der Waals surface area contributed by atoms with Crippen LogP contribution in [-0.2, 0) is 11.2 Å². The summed E-state index contributed by atoms with van der Waals surface area (Å²) in [7, 11) is 1.64. The number of carbonyl (C=O) groups excluding carboxylic acids is 1. The highest BCUT2D eigenvalue weighted by Crippen LogP contribution is 2.23. The molecule has 1 aliphatic rings. The summed E-state index contributed by atoms with van der Waals surface area (Å²) in [5.74, 6) is 0. The second kappa shape index (κ2) is 7.46. The van der Waals surface area contributed by atoms with Gasteiger partial charge >= 0.3 is 6.03 Å². The molecule has 1 aromatic carbocycles. The Kier molecular flexibility index (Phi) is 5.62. The number of ether oxygens (including phenoxy) is 1. The average Bonchev–Trinajstić information content (AvgIpc) is 2.91. The number of methoxy groups -OCH3 is 1. The molecule has 0 spiro atoms. The van der Waals surface area contributed by atoms with Gasteiger partial charge in [0.25, 0.3) is 0 Å². The van der Waals surface area contributed by atoms with E-state index in [4.69, 9.17) is 4.74 Å². The third-order valence-electron chi connectivity index (χ3n) is 4.18. The van der Waals surface area contributed by atoms with Gasteiger partial charge in [-0.2, -0.15) is 0 Å². The summed E-state index contributed by atoms with van der Waals surface area (Å²) < 4.78 is 4.97. The van der Waals surface area contributed by atoms with Crippen molar-refractivity contribution in [1.82, 2.24) is 10.2 Å². The Bertz CT molecular complexity index is 488. The molecule has 1 unspecified atom stereocenters. The number of rotatable bonds is 5. The molecule has 21 heavy (non-hydrogen) atoms. The van der Waals surface area contributed by atoms with Crippen molar-refractivity contribution in [2.24, 2.45) is 0 Å². The van der Waals surface area contributed by atoms with Crippen LogP contribution in [0.5, 0.6) is 0 Å². The summed E-state index contributed by atoms with van der Waals surface area (Å²) >= 11 is 0. The number of hydrogen-bond donors (Lipinski definition) is 1. The van der Waals surface area contributed by atoms with Gasteiger partial charge in [0.05, 0.1) is 6.61 Å². The van der Waals surface area contributed by atoms with Crippen LogP contribution in [0, 0.1) is 13.8 Å². The van der Waals surface area contributed by atoms with Crippen molar-refractivity contribution in [2.45, 2.75) is 39.2 Å². The van der Waals surface area contributed by atoms with E-state index in [9.17, 15) is 4.79 Å². The first-order valence-corrected chi connectivity index (χ1v) is 7.71. The van der Waals surface area contributed by atoms with Crippen molar-refractivity contribution in [3.05, 3.63) is 34.9 Å². The molecular formula is C17H26N2O2. The first-order valence-electron chi connectivity index (χ1n) is 7.71. The van der Waals surface area contributed by atoms with Gasteiger partial charge < -0.3 is 15.0 Å². The molecule has 4 heteroatoms. The Morgan fingerprint density at radius 1 is 1.43 bits per heavy atom. The molecule has 0 bridgehead atoms. The Labute approximate surface area is 127 Å². The van der Waals surface area contributed by atoms with Crippen molar-refractivity contribution >= 4 is 6.03 Å².